The van der Waals surface area contributed by atoms with Gasteiger partial charge < -0.3 is 19.6 Å². The summed E-state index contributed by atoms with van der Waals surface area (Å²) in [5, 5.41) is 21.7. The van der Waals surface area contributed by atoms with Gasteiger partial charge in [0, 0.05) is 41.9 Å². The zero-order chi connectivity index (χ0) is 31.5. The van der Waals surface area contributed by atoms with Crippen molar-refractivity contribution in [3.05, 3.63) is 81.1 Å². The van der Waals surface area contributed by atoms with Crippen molar-refractivity contribution in [3.8, 4) is 28.2 Å². The van der Waals surface area contributed by atoms with Crippen molar-refractivity contribution >= 4 is 35.1 Å². The van der Waals surface area contributed by atoms with Gasteiger partial charge in [-0.05, 0) is 47.2 Å². The molecule has 5 heterocycles. The van der Waals surface area contributed by atoms with Crippen LogP contribution < -0.4 is 10.5 Å². The molecule has 1 atom stereocenters. The summed E-state index contributed by atoms with van der Waals surface area (Å²) in [6.45, 7) is 1.06. The molecule has 5 aromatic rings. The van der Waals surface area contributed by atoms with Gasteiger partial charge in [0.15, 0.2) is 5.15 Å². The van der Waals surface area contributed by atoms with Gasteiger partial charge in [0.1, 0.15) is 23.8 Å². The zero-order valence-corrected chi connectivity index (χ0v) is 25.3. The van der Waals surface area contributed by atoms with Crippen LogP contribution in [0.25, 0.3) is 28.2 Å². The van der Waals surface area contributed by atoms with Gasteiger partial charge >= 0.3 is 6.09 Å². The monoisotopic (exact) mass is 652 g/mol. The largest absolute Gasteiger partial charge is 0.465 e. The maximum absolute atomic E-state index is 13.5. The Labute approximate surface area is 265 Å². The number of benzene rings is 1. The summed E-state index contributed by atoms with van der Waals surface area (Å²) in [6, 6.07) is 9.49. The van der Waals surface area contributed by atoms with Crippen molar-refractivity contribution in [2.75, 3.05) is 38.4 Å². The standard InChI is InChI=1S/C28H26Cl2N10O5/c1-44-10-11-45-9-8-38(28(42)43)22-6-2-16(14-31-22)25-26(30)35-27(34-25)21-5-7-23-33-19(13-24(41)40(21)23)18-12-17(29)3-4-20(18)39-15-32-36-37-39/h2-4,6,12-15,21H,5,7-11H2,1H3,(H,34,35)(H,42,43)/t21-/m0/s1. The molecule has 0 saturated heterocycles. The molecule has 2 N–H and O–H groups in total. The molecule has 0 unspecified atom stereocenters. The number of aromatic nitrogens is 9. The van der Waals surface area contributed by atoms with Crippen LogP contribution in [0.1, 0.15) is 24.1 Å². The molecule has 1 aromatic carbocycles. The summed E-state index contributed by atoms with van der Waals surface area (Å²) in [7, 11) is 1.56. The number of halogens is 2. The fourth-order valence-electron chi connectivity index (χ4n) is 5.15. The van der Waals surface area contributed by atoms with Crippen LogP contribution in [-0.4, -0.2) is 89.4 Å². The summed E-state index contributed by atoms with van der Waals surface area (Å²) in [5.41, 5.74) is 2.50. The number of fused-ring (bicyclic) bond motifs is 1. The molecular formula is C28H26Cl2N10O5. The van der Waals surface area contributed by atoms with Gasteiger partial charge in [0.2, 0.25) is 0 Å². The summed E-state index contributed by atoms with van der Waals surface area (Å²) >= 11 is 12.8. The first-order valence-corrected chi connectivity index (χ1v) is 14.5. The Morgan fingerprint density at radius 1 is 1.16 bits per heavy atom. The molecule has 0 saturated carbocycles. The first kappa shape index (κ1) is 30.3. The van der Waals surface area contributed by atoms with Crippen molar-refractivity contribution in [3.63, 3.8) is 0 Å². The van der Waals surface area contributed by atoms with E-state index in [1.807, 2.05) is 0 Å². The average molecular weight is 653 g/mol. The second-order valence-electron chi connectivity index (χ2n) is 9.97. The average Bonchev–Trinajstić information content (AvgIpc) is 3.79. The lowest BCUT2D eigenvalue weighted by atomic mass is 10.1. The molecule has 1 aliphatic heterocycles. The number of H-pyrrole nitrogens is 1. The molecule has 0 fully saturated rings. The Morgan fingerprint density at radius 3 is 2.76 bits per heavy atom. The number of rotatable bonds is 11. The number of methoxy groups -OCH3 is 1. The van der Waals surface area contributed by atoms with E-state index in [4.69, 9.17) is 37.7 Å². The molecule has 1 aliphatic rings. The van der Waals surface area contributed by atoms with Crippen LogP contribution in [0.15, 0.2) is 53.7 Å². The SMILES string of the molecule is COCCOCCN(C(=O)O)c1ccc(-c2[nH]c([C@@H]3CCc4nc(-c5cc(Cl)ccc5-n5cnnn5)cc(=O)n43)nc2Cl)cn1. The Hall–Kier alpha value is -4.70. The number of ether oxygens (including phenoxy) is 2. The lowest BCUT2D eigenvalue weighted by Gasteiger charge is -2.18. The van der Waals surface area contributed by atoms with Crippen molar-refractivity contribution < 1.29 is 19.4 Å². The smallest absolute Gasteiger partial charge is 0.413 e. The molecule has 0 radical (unpaired) electrons. The lowest BCUT2D eigenvalue weighted by molar-refractivity contribution is 0.0738. The number of aryl methyl sites for hydroxylation is 1. The Kier molecular flexibility index (Phi) is 8.84. The number of carbonyl (C=O) groups is 1. The van der Waals surface area contributed by atoms with Crippen LogP contribution in [0.3, 0.4) is 0 Å². The molecule has 15 nitrogen and oxygen atoms in total. The number of imidazole rings is 1. The van der Waals surface area contributed by atoms with E-state index in [1.165, 1.54) is 23.3 Å². The summed E-state index contributed by atoms with van der Waals surface area (Å²) < 4.78 is 13.4. The molecule has 0 bridgehead atoms. The van der Waals surface area contributed by atoms with E-state index in [9.17, 15) is 14.7 Å². The number of nitrogens with zero attached hydrogens (tertiary/aromatic N) is 9. The number of aromatic amines is 1. The number of pyridine rings is 1. The van der Waals surface area contributed by atoms with Gasteiger partial charge in [-0.3, -0.25) is 14.3 Å². The highest BCUT2D eigenvalue weighted by Gasteiger charge is 2.30. The van der Waals surface area contributed by atoms with E-state index >= 15 is 0 Å². The number of amides is 1. The van der Waals surface area contributed by atoms with Gasteiger partial charge in [-0.15, -0.1) is 5.10 Å². The third kappa shape index (κ3) is 6.28. The van der Waals surface area contributed by atoms with Crippen molar-refractivity contribution in [1.29, 1.82) is 0 Å². The number of hydrogen-bond donors (Lipinski definition) is 2. The minimum atomic E-state index is -1.16. The minimum Gasteiger partial charge on any atom is -0.465 e. The van der Waals surface area contributed by atoms with Crippen molar-refractivity contribution in [2.45, 2.75) is 18.9 Å². The highest BCUT2D eigenvalue weighted by molar-refractivity contribution is 6.32. The van der Waals surface area contributed by atoms with Gasteiger partial charge in [-0.25, -0.2) is 19.7 Å². The molecule has 17 heteroatoms. The zero-order valence-electron chi connectivity index (χ0n) is 23.8. The van der Waals surface area contributed by atoms with E-state index in [0.717, 1.165) is 4.90 Å². The molecule has 45 heavy (non-hydrogen) atoms. The van der Waals surface area contributed by atoms with Gasteiger partial charge in [0.25, 0.3) is 5.56 Å². The van der Waals surface area contributed by atoms with E-state index in [1.54, 1.807) is 42.0 Å². The van der Waals surface area contributed by atoms with Crippen LogP contribution in [0.5, 0.6) is 0 Å². The number of hydrogen-bond acceptors (Lipinski definition) is 10. The molecule has 0 spiro atoms. The van der Waals surface area contributed by atoms with Crippen LogP contribution >= 0.6 is 23.2 Å². The summed E-state index contributed by atoms with van der Waals surface area (Å²) in [6.07, 6.45) is 2.90. The Balaban J connectivity index is 1.24. The number of nitrogens with one attached hydrogen (secondary N) is 1. The number of anilines is 1. The highest BCUT2D eigenvalue weighted by atomic mass is 35.5. The fourth-order valence-corrected chi connectivity index (χ4v) is 5.57. The predicted molar refractivity (Wildman–Crippen MR) is 163 cm³/mol. The molecule has 0 aliphatic carbocycles. The highest BCUT2D eigenvalue weighted by Crippen LogP contribution is 2.34. The van der Waals surface area contributed by atoms with Crippen LogP contribution in [-0.2, 0) is 15.9 Å². The second-order valence-corrected chi connectivity index (χ2v) is 10.8. The topological polar surface area (TPSA) is 179 Å². The predicted octanol–water partition coefficient (Wildman–Crippen LogP) is 3.66. The van der Waals surface area contributed by atoms with Crippen LogP contribution in [0.2, 0.25) is 10.2 Å². The van der Waals surface area contributed by atoms with E-state index in [-0.39, 0.29) is 29.7 Å². The summed E-state index contributed by atoms with van der Waals surface area (Å²) in [4.78, 5) is 43.3. The molecular weight excluding hydrogens is 627 g/mol. The second kappa shape index (κ2) is 13.1. The van der Waals surface area contributed by atoms with Crippen molar-refractivity contribution in [1.82, 2.24) is 44.7 Å². The first-order chi connectivity index (χ1) is 21.8. The third-order valence-electron chi connectivity index (χ3n) is 7.24. The summed E-state index contributed by atoms with van der Waals surface area (Å²) in [5.74, 6) is 1.32. The van der Waals surface area contributed by atoms with Gasteiger partial charge in [0.05, 0.1) is 49.5 Å². The molecule has 4 aromatic heterocycles. The van der Waals surface area contributed by atoms with E-state index < -0.39 is 12.1 Å². The van der Waals surface area contributed by atoms with E-state index in [0.29, 0.717) is 70.9 Å². The van der Waals surface area contributed by atoms with Crippen molar-refractivity contribution in [2.24, 2.45) is 0 Å². The van der Waals surface area contributed by atoms with Gasteiger partial charge in [-0.1, -0.05) is 23.2 Å². The molecule has 6 rings (SSSR count). The first-order valence-electron chi connectivity index (χ1n) is 13.8. The van der Waals surface area contributed by atoms with Crippen LogP contribution in [0.4, 0.5) is 10.6 Å². The normalized spacial score (nSPS) is 14.1. The van der Waals surface area contributed by atoms with E-state index in [2.05, 4.69) is 30.5 Å². The minimum absolute atomic E-state index is 0.0994. The Bertz CT molecular complexity index is 1880. The number of tetrazole rings is 1. The molecule has 232 valence electrons. The Morgan fingerprint density at radius 2 is 2.02 bits per heavy atom. The number of carboxylic acid groups (broad SMARTS) is 1. The van der Waals surface area contributed by atoms with Crippen LogP contribution in [0, 0.1) is 0 Å². The molecule has 1 amide bonds. The lowest BCUT2D eigenvalue weighted by Crippen LogP contribution is -2.33. The van der Waals surface area contributed by atoms with Gasteiger partial charge in [-0.2, -0.15) is 4.68 Å². The quantitative estimate of drug-likeness (QED) is 0.199. The maximum atomic E-state index is 13.5. The third-order valence-corrected chi connectivity index (χ3v) is 7.75. The maximum Gasteiger partial charge on any atom is 0.413 e. The fraction of sp³-hybridized carbons (Fsp3) is 0.286.